The van der Waals surface area contributed by atoms with Crippen LogP contribution in [-0.2, 0) is 6.54 Å². The molecule has 0 aliphatic carbocycles. The highest BCUT2D eigenvalue weighted by atomic mass is 16.6. The van der Waals surface area contributed by atoms with E-state index >= 15 is 0 Å². The summed E-state index contributed by atoms with van der Waals surface area (Å²) in [5.41, 5.74) is 0.631. The third-order valence-corrected chi connectivity index (χ3v) is 3.21. The quantitative estimate of drug-likeness (QED) is 0.639. The minimum atomic E-state index is -0.426. The SMILES string of the molecule is Cc1cn(CCC2CCCCN2)nc1[N+](=O)[O-]. The molecule has 0 saturated carbocycles. The van der Waals surface area contributed by atoms with Crippen molar-refractivity contribution in [2.24, 2.45) is 0 Å². The zero-order valence-corrected chi connectivity index (χ0v) is 10.1. The van der Waals surface area contributed by atoms with E-state index in [0.717, 1.165) is 19.5 Å². The maximum atomic E-state index is 10.7. The van der Waals surface area contributed by atoms with Gasteiger partial charge in [-0.2, -0.15) is 4.68 Å². The Bertz CT molecular complexity index is 396. The summed E-state index contributed by atoms with van der Waals surface area (Å²) in [6.07, 6.45) is 6.46. The number of nitrogens with zero attached hydrogens (tertiary/aromatic N) is 3. The molecule has 1 N–H and O–H groups in total. The molecule has 0 radical (unpaired) electrons. The number of nitro groups is 1. The number of piperidine rings is 1. The Balaban J connectivity index is 1.90. The highest BCUT2D eigenvalue weighted by molar-refractivity contribution is 5.27. The Kier molecular flexibility index (Phi) is 3.73. The minimum Gasteiger partial charge on any atom is -0.358 e. The van der Waals surface area contributed by atoms with Crippen molar-refractivity contribution < 1.29 is 4.92 Å². The van der Waals surface area contributed by atoms with Crippen molar-refractivity contribution in [1.29, 1.82) is 0 Å². The molecule has 1 fully saturated rings. The van der Waals surface area contributed by atoms with Gasteiger partial charge >= 0.3 is 5.82 Å². The van der Waals surface area contributed by atoms with Gasteiger partial charge in [0.05, 0.1) is 23.4 Å². The molecular formula is C11H18N4O2. The van der Waals surface area contributed by atoms with Crippen molar-refractivity contribution in [2.45, 2.75) is 45.2 Å². The second-order valence-electron chi connectivity index (χ2n) is 4.59. The van der Waals surface area contributed by atoms with Gasteiger partial charge in [-0.05, 0) is 37.7 Å². The van der Waals surface area contributed by atoms with Gasteiger partial charge in [0.1, 0.15) is 0 Å². The molecule has 17 heavy (non-hydrogen) atoms. The molecule has 1 aromatic heterocycles. The van der Waals surface area contributed by atoms with Gasteiger partial charge in [-0.3, -0.25) is 0 Å². The summed E-state index contributed by atoms with van der Waals surface area (Å²) in [5.74, 6) is -0.0263. The number of hydrogen-bond acceptors (Lipinski definition) is 4. The first kappa shape index (κ1) is 12.0. The molecule has 1 atom stereocenters. The Morgan fingerprint density at radius 1 is 1.65 bits per heavy atom. The van der Waals surface area contributed by atoms with Gasteiger partial charge in [-0.1, -0.05) is 6.42 Å². The van der Waals surface area contributed by atoms with E-state index in [1.807, 2.05) is 0 Å². The summed E-state index contributed by atoms with van der Waals surface area (Å²) in [4.78, 5) is 10.2. The number of aryl methyl sites for hydroxylation is 2. The standard InChI is InChI=1S/C11H18N4O2/c1-9-8-14(13-11(9)15(16)17)7-5-10-4-2-3-6-12-10/h8,10,12H,2-7H2,1H3. The van der Waals surface area contributed by atoms with Crippen LogP contribution in [0.3, 0.4) is 0 Å². The first-order valence-corrected chi connectivity index (χ1v) is 6.08. The second-order valence-corrected chi connectivity index (χ2v) is 4.59. The first-order valence-electron chi connectivity index (χ1n) is 6.08. The molecule has 1 aliphatic heterocycles. The molecule has 1 saturated heterocycles. The molecule has 0 amide bonds. The van der Waals surface area contributed by atoms with E-state index in [-0.39, 0.29) is 5.82 Å². The number of hydrogen-bond donors (Lipinski definition) is 1. The lowest BCUT2D eigenvalue weighted by Crippen LogP contribution is -2.34. The van der Waals surface area contributed by atoms with Crippen LogP contribution in [0.25, 0.3) is 0 Å². The van der Waals surface area contributed by atoms with Crippen molar-refractivity contribution in [1.82, 2.24) is 15.1 Å². The van der Waals surface area contributed by atoms with Gasteiger partial charge in [0.25, 0.3) is 0 Å². The topological polar surface area (TPSA) is 73.0 Å². The van der Waals surface area contributed by atoms with Crippen LogP contribution in [0.15, 0.2) is 6.20 Å². The van der Waals surface area contributed by atoms with E-state index in [1.54, 1.807) is 17.8 Å². The average Bonchev–Trinajstić information content (AvgIpc) is 2.69. The molecule has 94 valence electrons. The van der Waals surface area contributed by atoms with Gasteiger partial charge in [0, 0.05) is 6.04 Å². The van der Waals surface area contributed by atoms with Crippen molar-refractivity contribution in [3.8, 4) is 0 Å². The minimum absolute atomic E-state index is 0.0263. The van der Waals surface area contributed by atoms with Gasteiger partial charge in [0.15, 0.2) is 0 Å². The van der Waals surface area contributed by atoms with Crippen LogP contribution in [-0.4, -0.2) is 27.3 Å². The number of aromatic nitrogens is 2. The highest BCUT2D eigenvalue weighted by Crippen LogP contribution is 2.15. The lowest BCUT2D eigenvalue weighted by molar-refractivity contribution is -0.390. The summed E-state index contributed by atoms with van der Waals surface area (Å²) >= 11 is 0. The van der Waals surface area contributed by atoms with Crippen LogP contribution in [0.4, 0.5) is 5.82 Å². The molecule has 1 unspecified atom stereocenters. The molecule has 1 aliphatic rings. The molecule has 0 aromatic carbocycles. The average molecular weight is 238 g/mol. The molecule has 0 bridgehead atoms. The van der Waals surface area contributed by atoms with E-state index in [9.17, 15) is 10.1 Å². The van der Waals surface area contributed by atoms with Crippen molar-refractivity contribution in [2.75, 3.05) is 6.54 Å². The second kappa shape index (κ2) is 5.27. The smallest absolute Gasteiger partial charge is 0.358 e. The Morgan fingerprint density at radius 2 is 2.47 bits per heavy atom. The van der Waals surface area contributed by atoms with Crippen LogP contribution in [0.5, 0.6) is 0 Å². The molecule has 2 rings (SSSR count). The van der Waals surface area contributed by atoms with Gasteiger partial charge in [-0.15, -0.1) is 0 Å². The summed E-state index contributed by atoms with van der Waals surface area (Å²) in [6.45, 7) is 3.55. The van der Waals surface area contributed by atoms with E-state index in [4.69, 9.17) is 0 Å². The van der Waals surface area contributed by atoms with Gasteiger partial charge in [-0.25, -0.2) is 0 Å². The monoisotopic (exact) mass is 238 g/mol. The first-order chi connectivity index (χ1) is 8.16. The van der Waals surface area contributed by atoms with Gasteiger partial charge in [0.2, 0.25) is 0 Å². The largest absolute Gasteiger partial charge is 0.392 e. The number of nitrogens with one attached hydrogen (secondary N) is 1. The van der Waals surface area contributed by atoms with Crippen LogP contribution in [0.1, 0.15) is 31.2 Å². The maximum absolute atomic E-state index is 10.7. The lowest BCUT2D eigenvalue weighted by atomic mass is 10.0. The van der Waals surface area contributed by atoms with E-state index in [2.05, 4.69) is 10.4 Å². The molecule has 6 nitrogen and oxygen atoms in total. The lowest BCUT2D eigenvalue weighted by Gasteiger charge is -2.22. The molecule has 1 aromatic rings. The fourth-order valence-electron chi connectivity index (χ4n) is 2.26. The zero-order chi connectivity index (χ0) is 12.3. The third kappa shape index (κ3) is 3.03. The predicted octanol–water partition coefficient (Wildman–Crippen LogP) is 1.63. The maximum Gasteiger partial charge on any atom is 0.392 e. The van der Waals surface area contributed by atoms with Crippen molar-refractivity contribution in [3.05, 3.63) is 21.9 Å². The highest BCUT2D eigenvalue weighted by Gasteiger charge is 2.18. The summed E-state index contributed by atoms with van der Waals surface area (Å²) in [6, 6.07) is 0.535. The summed E-state index contributed by atoms with van der Waals surface area (Å²) in [7, 11) is 0. The normalized spacial score (nSPS) is 20.4. The Hall–Kier alpha value is -1.43. The van der Waals surface area contributed by atoms with Crippen LogP contribution < -0.4 is 5.32 Å². The molecular weight excluding hydrogens is 220 g/mol. The van der Waals surface area contributed by atoms with Crippen LogP contribution >= 0.6 is 0 Å². The Labute approximate surface area is 100 Å². The molecule has 0 spiro atoms. The van der Waals surface area contributed by atoms with Crippen molar-refractivity contribution in [3.63, 3.8) is 0 Å². The van der Waals surface area contributed by atoms with Crippen LogP contribution in [0.2, 0.25) is 0 Å². The Morgan fingerprint density at radius 3 is 3.06 bits per heavy atom. The predicted molar refractivity (Wildman–Crippen MR) is 63.9 cm³/mol. The molecule has 6 heteroatoms. The summed E-state index contributed by atoms with van der Waals surface area (Å²) in [5, 5.41) is 18.1. The molecule has 2 heterocycles. The zero-order valence-electron chi connectivity index (χ0n) is 10.1. The third-order valence-electron chi connectivity index (χ3n) is 3.21. The summed E-state index contributed by atoms with van der Waals surface area (Å²) < 4.78 is 1.68. The van der Waals surface area contributed by atoms with Crippen LogP contribution in [0, 0.1) is 17.0 Å². The van der Waals surface area contributed by atoms with E-state index in [0.29, 0.717) is 11.6 Å². The van der Waals surface area contributed by atoms with E-state index < -0.39 is 4.92 Å². The van der Waals surface area contributed by atoms with Crippen molar-refractivity contribution >= 4 is 5.82 Å². The fraction of sp³-hybridized carbons (Fsp3) is 0.727. The number of rotatable bonds is 4. The van der Waals surface area contributed by atoms with E-state index in [1.165, 1.54) is 19.3 Å². The van der Waals surface area contributed by atoms with Gasteiger partial charge < -0.3 is 15.4 Å². The fourth-order valence-corrected chi connectivity index (χ4v) is 2.26.